The molecule has 6 nitrogen and oxygen atoms in total. The topological polar surface area (TPSA) is 95.1 Å². The van der Waals surface area contributed by atoms with Crippen molar-refractivity contribution in [2.75, 3.05) is 6.54 Å². The Bertz CT molecular complexity index is 408. The molecular weight excluding hydrogens is 198 g/mol. The van der Waals surface area contributed by atoms with Crippen LogP contribution in [0.2, 0.25) is 0 Å². The Labute approximate surface area is 86.0 Å². The van der Waals surface area contributed by atoms with E-state index in [1.165, 1.54) is 6.33 Å². The maximum Gasteiger partial charge on any atom is 0.354 e. The van der Waals surface area contributed by atoms with Gasteiger partial charge in [0.05, 0.1) is 6.33 Å². The molecule has 15 heavy (non-hydrogen) atoms. The van der Waals surface area contributed by atoms with Gasteiger partial charge in [-0.1, -0.05) is 12.2 Å². The van der Waals surface area contributed by atoms with Crippen molar-refractivity contribution in [3.63, 3.8) is 0 Å². The minimum Gasteiger partial charge on any atom is -0.477 e. The van der Waals surface area contributed by atoms with E-state index in [0.717, 1.165) is 5.57 Å². The van der Waals surface area contributed by atoms with E-state index in [2.05, 4.69) is 21.9 Å². The normalized spacial score (nSPS) is 9.67. The van der Waals surface area contributed by atoms with E-state index in [9.17, 15) is 9.59 Å². The molecule has 0 atom stereocenters. The highest BCUT2D eigenvalue weighted by molar-refractivity contribution is 6.02. The first-order valence-electron chi connectivity index (χ1n) is 4.21. The van der Waals surface area contributed by atoms with Crippen molar-refractivity contribution in [2.24, 2.45) is 0 Å². The molecule has 1 aromatic rings. The molecule has 1 rings (SSSR count). The zero-order valence-corrected chi connectivity index (χ0v) is 8.20. The minimum atomic E-state index is -1.21. The summed E-state index contributed by atoms with van der Waals surface area (Å²) in [6, 6.07) is 0. The molecule has 0 fully saturated rings. The Hall–Kier alpha value is -2.11. The van der Waals surface area contributed by atoms with E-state index in [4.69, 9.17) is 5.11 Å². The summed E-state index contributed by atoms with van der Waals surface area (Å²) in [6.45, 7) is 5.66. The molecule has 0 bridgehead atoms. The van der Waals surface area contributed by atoms with Gasteiger partial charge in [-0.25, -0.2) is 9.78 Å². The number of carboxylic acid groups (broad SMARTS) is 1. The molecule has 1 amide bonds. The largest absolute Gasteiger partial charge is 0.477 e. The van der Waals surface area contributed by atoms with Crippen LogP contribution in [0.5, 0.6) is 0 Å². The van der Waals surface area contributed by atoms with E-state index >= 15 is 0 Å². The van der Waals surface area contributed by atoms with E-state index < -0.39 is 11.9 Å². The van der Waals surface area contributed by atoms with Gasteiger partial charge in [0.15, 0.2) is 11.4 Å². The van der Waals surface area contributed by atoms with Crippen LogP contribution in [0.4, 0.5) is 0 Å². The summed E-state index contributed by atoms with van der Waals surface area (Å²) in [5.41, 5.74) is 0.439. The van der Waals surface area contributed by atoms with Crippen LogP contribution in [-0.4, -0.2) is 33.5 Å². The number of aromatic amines is 1. The number of nitrogens with one attached hydrogen (secondary N) is 2. The first kappa shape index (κ1) is 11.0. The van der Waals surface area contributed by atoms with Crippen molar-refractivity contribution in [3.05, 3.63) is 29.9 Å². The number of nitrogens with zero attached hydrogens (tertiary/aromatic N) is 1. The van der Waals surface area contributed by atoms with Crippen molar-refractivity contribution in [1.29, 1.82) is 0 Å². The summed E-state index contributed by atoms with van der Waals surface area (Å²) in [5, 5.41) is 11.2. The number of carbonyl (C=O) groups excluding carboxylic acids is 1. The average Bonchev–Trinajstić information content (AvgIpc) is 2.62. The van der Waals surface area contributed by atoms with Crippen LogP contribution in [0.15, 0.2) is 18.5 Å². The summed E-state index contributed by atoms with van der Waals surface area (Å²) in [7, 11) is 0. The number of carboxylic acids is 1. The van der Waals surface area contributed by atoms with Crippen molar-refractivity contribution in [1.82, 2.24) is 15.3 Å². The van der Waals surface area contributed by atoms with Crippen molar-refractivity contribution in [2.45, 2.75) is 6.92 Å². The predicted octanol–water partition coefficient (Wildman–Crippen LogP) is 0.414. The maximum atomic E-state index is 11.4. The van der Waals surface area contributed by atoms with Gasteiger partial charge in [-0.05, 0) is 6.92 Å². The Morgan fingerprint density at radius 2 is 2.33 bits per heavy atom. The summed E-state index contributed by atoms with van der Waals surface area (Å²) in [6.07, 6.45) is 1.17. The van der Waals surface area contributed by atoms with E-state index in [1.807, 2.05) is 0 Å². The third-order valence-corrected chi connectivity index (χ3v) is 1.62. The van der Waals surface area contributed by atoms with Gasteiger partial charge >= 0.3 is 5.97 Å². The number of rotatable bonds is 4. The number of hydrogen-bond donors (Lipinski definition) is 3. The van der Waals surface area contributed by atoms with E-state index in [-0.39, 0.29) is 11.4 Å². The molecule has 1 heterocycles. The van der Waals surface area contributed by atoms with Gasteiger partial charge in [0.2, 0.25) is 0 Å². The molecule has 0 aliphatic carbocycles. The van der Waals surface area contributed by atoms with Gasteiger partial charge in [-0.15, -0.1) is 0 Å². The fourth-order valence-corrected chi connectivity index (χ4v) is 0.944. The number of H-pyrrole nitrogens is 1. The first-order valence-corrected chi connectivity index (χ1v) is 4.21. The average molecular weight is 209 g/mol. The first-order chi connectivity index (χ1) is 7.02. The molecule has 0 radical (unpaired) electrons. The van der Waals surface area contributed by atoms with Gasteiger partial charge in [0.1, 0.15) is 0 Å². The molecule has 6 heteroatoms. The highest BCUT2D eigenvalue weighted by Crippen LogP contribution is 2.02. The van der Waals surface area contributed by atoms with Crippen LogP contribution in [-0.2, 0) is 0 Å². The zero-order valence-electron chi connectivity index (χ0n) is 8.20. The van der Waals surface area contributed by atoms with E-state index in [1.54, 1.807) is 6.92 Å². The SMILES string of the molecule is C=C(C)CNC(=O)c1nc[nH]c1C(=O)O. The monoisotopic (exact) mass is 209 g/mol. The standard InChI is InChI=1S/C9H11N3O3/c1-5(2)3-10-8(13)6-7(9(14)15)12-4-11-6/h4H,1,3H2,2H3,(H,10,13)(H,11,12)(H,14,15). The molecule has 1 aromatic heterocycles. The Kier molecular flexibility index (Phi) is 3.22. The quantitative estimate of drug-likeness (QED) is 0.626. The van der Waals surface area contributed by atoms with Crippen LogP contribution < -0.4 is 5.32 Å². The lowest BCUT2D eigenvalue weighted by molar-refractivity contribution is 0.0685. The molecular formula is C9H11N3O3. The van der Waals surface area contributed by atoms with Gasteiger partial charge in [0, 0.05) is 6.54 Å². The number of imidazole rings is 1. The second-order valence-corrected chi connectivity index (χ2v) is 3.07. The highest BCUT2D eigenvalue weighted by Gasteiger charge is 2.18. The van der Waals surface area contributed by atoms with E-state index in [0.29, 0.717) is 6.54 Å². The molecule has 0 spiro atoms. The minimum absolute atomic E-state index is 0.122. The summed E-state index contributed by atoms with van der Waals surface area (Å²) in [5.74, 6) is -1.75. The molecule has 0 saturated carbocycles. The summed E-state index contributed by atoms with van der Waals surface area (Å²) >= 11 is 0. The third kappa shape index (κ3) is 2.67. The second kappa shape index (κ2) is 4.41. The Balaban J connectivity index is 2.78. The number of carbonyl (C=O) groups is 2. The van der Waals surface area contributed by atoms with Gasteiger partial charge in [-0.2, -0.15) is 0 Å². The van der Waals surface area contributed by atoms with Crippen LogP contribution in [0.25, 0.3) is 0 Å². The van der Waals surface area contributed by atoms with Crippen LogP contribution >= 0.6 is 0 Å². The van der Waals surface area contributed by atoms with Crippen molar-refractivity contribution in [3.8, 4) is 0 Å². The molecule has 0 unspecified atom stereocenters. The fraction of sp³-hybridized carbons (Fsp3) is 0.222. The number of hydrogen-bond acceptors (Lipinski definition) is 3. The predicted molar refractivity (Wildman–Crippen MR) is 52.7 cm³/mol. The lowest BCUT2D eigenvalue weighted by Gasteiger charge is -2.02. The summed E-state index contributed by atoms with van der Waals surface area (Å²) in [4.78, 5) is 28.1. The van der Waals surface area contributed by atoms with Crippen molar-refractivity contribution < 1.29 is 14.7 Å². The Morgan fingerprint density at radius 3 is 2.87 bits per heavy atom. The smallest absolute Gasteiger partial charge is 0.354 e. The molecule has 0 aliphatic rings. The van der Waals surface area contributed by atoms with Crippen LogP contribution in [0.3, 0.4) is 0 Å². The Morgan fingerprint density at radius 1 is 1.67 bits per heavy atom. The molecule has 80 valence electrons. The number of aromatic carboxylic acids is 1. The lowest BCUT2D eigenvalue weighted by Crippen LogP contribution is -2.26. The fourth-order valence-electron chi connectivity index (χ4n) is 0.944. The molecule has 3 N–H and O–H groups in total. The molecule has 0 saturated heterocycles. The van der Waals surface area contributed by atoms with Crippen LogP contribution in [0.1, 0.15) is 27.9 Å². The van der Waals surface area contributed by atoms with Gasteiger partial charge < -0.3 is 15.4 Å². The third-order valence-electron chi connectivity index (χ3n) is 1.62. The molecule has 0 aromatic carbocycles. The number of amides is 1. The highest BCUT2D eigenvalue weighted by atomic mass is 16.4. The van der Waals surface area contributed by atoms with Gasteiger partial charge in [-0.3, -0.25) is 4.79 Å². The number of aromatic nitrogens is 2. The zero-order chi connectivity index (χ0) is 11.4. The van der Waals surface area contributed by atoms with Gasteiger partial charge in [0.25, 0.3) is 5.91 Å². The summed E-state index contributed by atoms with van der Waals surface area (Å²) < 4.78 is 0. The maximum absolute atomic E-state index is 11.4. The lowest BCUT2D eigenvalue weighted by atomic mass is 10.3. The van der Waals surface area contributed by atoms with Crippen molar-refractivity contribution >= 4 is 11.9 Å². The van der Waals surface area contributed by atoms with Crippen LogP contribution in [0, 0.1) is 0 Å². The molecule has 0 aliphatic heterocycles. The second-order valence-electron chi connectivity index (χ2n) is 3.07.